The summed E-state index contributed by atoms with van der Waals surface area (Å²) in [6.45, 7) is 10.2. The molecule has 0 saturated heterocycles. The maximum atomic E-state index is 13.9. The summed E-state index contributed by atoms with van der Waals surface area (Å²) in [5.41, 5.74) is 6.15. The molecule has 0 bridgehead atoms. The van der Waals surface area contributed by atoms with Gasteiger partial charge in [0.2, 0.25) is 10.0 Å². The number of nitrogens with one attached hydrogen (secondary N) is 1. The van der Waals surface area contributed by atoms with Crippen molar-refractivity contribution in [3.05, 3.63) is 152 Å². The number of rotatable bonds is 22. The molecule has 78 heavy (non-hydrogen) atoms. The summed E-state index contributed by atoms with van der Waals surface area (Å²) in [5, 5.41) is 22.8. The first kappa shape index (κ1) is 59.6. The quantitative estimate of drug-likeness (QED) is 0.0467. The maximum absolute atomic E-state index is 13.9. The third-order valence-electron chi connectivity index (χ3n) is 13.4. The van der Waals surface area contributed by atoms with E-state index in [4.69, 9.17) is 47.9 Å². The number of ketones is 2. The van der Waals surface area contributed by atoms with E-state index < -0.39 is 43.9 Å². The van der Waals surface area contributed by atoms with Crippen molar-refractivity contribution in [2.45, 2.75) is 127 Å². The van der Waals surface area contributed by atoms with E-state index >= 15 is 0 Å². The second kappa shape index (κ2) is 23.7. The van der Waals surface area contributed by atoms with E-state index in [9.17, 15) is 37.0 Å². The van der Waals surface area contributed by atoms with Gasteiger partial charge in [-0.2, -0.15) is 0 Å². The second-order valence-corrected chi connectivity index (χ2v) is 24.1. The molecule has 0 radical (unpaired) electrons. The van der Waals surface area contributed by atoms with Gasteiger partial charge >= 0.3 is 0 Å². The van der Waals surface area contributed by atoms with E-state index in [1.807, 2.05) is 13.8 Å². The van der Waals surface area contributed by atoms with Crippen LogP contribution in [0.5, 0.6) is 23.0 Å². The second-order valence-electron chi connectivity index (χ2n) is 21.5. The number of benzene rings is 4. The van der Waals surface area contributed by atoms with Crippen LogP contribution in [0.15, 0.2) is 97.1 Å². The van der Waals surface area contributed by atoms with Gasteiger partial charge in [-0.05, 0) is 188 Å². The summed E-state index contributed by atoms with van der Waals surface area (Å²) >= 11 is 12.0. The normalized spacial score (nSPS) is 15.3. The summed E-state index contributed by atoms with van der Waals surface area (Å²) in [5.74, 6) is 0.694. The van der Waals surface area contributed by atoms with Crippen molar-refractivity contribution in [1.29, 1.82) is 0 Å². The number of sulfonamides is 1. The number of nitrogens with zero attached hydrogens (tertiary/aromatic N) is 2. The Hall–Kier alpha value is -6.05. The molecule has 2 unspecified atom stereocenters. The Kier molecular flexibility index (Phi) is 18.1. The van der Waals surface area contributed by atoms with E-state index in [0.29, 0.717) is 67.9 Å². The molecule has 2 aromatic heterocycles. The lowest BCUT2D eigenvalue weighted by Crippen LogP contribution is -2.40. The number of hydrogen-bond acceptors (Lipinski definition) is 13. The summed E-state index contributed by atoms with van der Waals surface area (Å²) < 4.78 is 76.8. The Balaban J connectivity index is 0.000000227. The van der Waals surface area contributed by atoms with Gasteiger partial charge in [-0.25, -0.2) is 31.9 Å². The van der Waals surface area contributed by atoms with Crippen molar-refractivity contribution in [3.8, 4) is 45.5 Å². The lowest BCUT2D eigenvalue weighted by atomic mass is 9.88. The molecule has 8 rings (SSSR count). The molecule has 2 fully saturated rings. The third kappa shape index (κ3) is 15.6. The minimum Gasteiger partial charge on any atom is -0.493 e. The van der Waals surface area contributed by atoms with Crippen LogP contribution < -0.4 is 29.4 Å². The summed E-state index contributed by atoms with van der Waals surface area (Å²) in [7, 11) is -0.548. The molecule has 0 amide bonds. The van der Waals surface area contributed by atoms with Gasteiger partial charge in [-0.3, -0.25) is 9.59 Å². The fourth-order valence-electron chi connectivity index (χ4n) is 8.34. The molecule has 4 aromatic carbocycles. The first-order chi connectivity index (χ1) is 36.4. The number of aliphatic hydroxyl groups is 2. The van der Waals surface area contributed by atoms with E-state index in [-0.39, 0.29) is 65.2 Å². The van der Waals surface area contributed by atoms with Crippen LogP contribution in [0.1, 0.15) is 136 Å². The van der Waals surface area contributed by atoms with Crippen molar-refractivity contribution in [1.82, 2.24) is 14.7 Å². The van der Waals surface area contributed by atoms with Crippen molar-refractivity contribution in [2.75, 3.05) is 20.5 Å². The molecule has 14 nitrogen and oxygen atoms in total. The minimum atomic E-state index is -3.60. The maximum Gasteiger partial charge on any atom is 0.209 e. The molecule has 2 heterocycles. The van der Waals surface area contributed by atoms with Crippen LogP contribution >= 0.6 is 23.2 Å². The number of pyridine rings is 2. The predicted octanol–water partition coefficient (Wildman–Crippen LogP) is 11.9. The number of carbonyl (C=O) groups excluding carboxylic acids is 2. The summed E-state index contributed by atoms with van der Waals surface area (Å²) in [4.78, 5) is 35.4. The van der Waals surface area contributed by atoms with Crippen molar-refractivity contribution >= 4 is 44.8 Å². The molecule has 416 valence electrons. The van der Waals surface area contributed by atoms with Crippen molar-refractivity contribution < 1.29 is 55.9 Å². The van der Waals surface area contributed by atoms with Crippen LogP contribution in [0, 0.1) is 11.6 Å². The van der Waals surface area contributed by atoms with Gasteiger partial charge in [0.25, 0.3) is 0 Å². The number of nitrogens with two attached hydrogens (primary N) is 1. The average molecular weight is 1130 g/mol. The van der Waals surface area contributed by atoms with Gasteiger partial charge in [-0.1, -0.05) is 23.2 Å². The highest BCUT2D eigenvalue weighted by Gasteiger charge is 2.34. The first-order valence-corrected chi connectivity index (χ1v) is 28.1. The number of Topliss-reactive ketones (excluding diaryl/α,β-unsaturated/α-hetero) is 2. The van der Waals surface area contributed by atoms with E-state index in [0.717, 1.165) is 37.5 Å². The molecule has 6 aromatic rings. The van der Waals surface area contributed by atoms with E-state index in [1.165, 1.54) is 51.5 Å². The molecular formula is C59H66Cl2F2N4O10S. The smallest absolute Gasteiger partial charge is 0.209 e. The molecule has 0 spiro atoms. The largest absolute Gasteiger partial charge is 0.493 e. The summed E-state index contributed by atoms with van der Waals surface area (Å²) in [6.07, 6.45) is 5.68. The van der Waals surface area contributed by atoms with Gasteiger partial charge < -0.3 is 34.9 Å². The first-order valence-electron chi connectivity index (χ1n) is 25.4. The number of halogens is 4. The number of ether oxygens (including phenoxy) is 4. The standard InChI is InChI=1S/C30H34ClFN2O6S.C29H32ClFN2O4/c1-29(2,34-41(5,37)38)20-16-24(18-6-10-23(32)22(31)14-18)33-28(17-20)30(3,36)13-12-25(35)19-7-11-26(27(15-19)39-4)40-21-8-9-21;1-28(2,32)19-15-23(17-5-9-22(31)21(30)13-17)33-27(16-19)29(3,35)12-11-24(34)18-6-10-25(26(14-18)36-4)37-20-7-8-20/h6-7,10-11,14-17,21,34,36H,8-9,12-13H2,1-5H3;5-6,9-10,13-16,20,35H,7-8,11-12,32H2,1-4H3. The van der Waals surface area contributed by atoms with Crippen molar-refractivity contribution in [3.63, 3.8) is 0 Å². The molecule has 2 aliphatic rings. The molecule has 2 saturated carbocycles. The third-order valence-corrected chi connectivity index (χ3v) is 14.8. The zero-order chi connectivity index (χ0) is 57.1. The van der Waals surface area contributed by atoms with Crippen LogP contribution in [0.3, 0.4) is 0 Å². The summed E-state index contributed by atoms with van der Waals surface area (Å²) in [6, 6.07) is 25.4. The van der Waals surface area contributed by atoms with Gasteiger partial charge in [0.05, 0.1) is 71.0 Å². The Morgan fingerprint density at radius 1 is 0.628 bits per heavy atom. The fourth-order valence-corrected chi connectivity index (χ4v) is 9.75. The topological polar surface area (TPSA) is 209 Å². The Bertz CT molecular complexity index is 3320. The van der Waals surface area contributed by atoms with Gasteiger partial charge in [0.15, 0.2) is 34.6 Å². The van der Waals surface area contributed by atoms with Crippen LogP contribution in [-0.4, -0.2) is 72.8 Å². The minimum absolute atomic E-state index is 0.00637. The number of aromatic nitrogens is 2. The number of methoxy groups -OCH3 is 2. The van der Waals surface area contributed by atoms with Crippen LogP contribution in [0.2, 0.25) is 10.0 Å². The number of hydrogen-bond donors (Lipinski definition) is 4. The van der Waals surface area contributed by atoms with Gasteiger partial charge in [0.1, 0.15) is 22.8 Å². The van der Waals surface area contributed by atoms with Gasteiger partial charge in [0, 0.05) is 40.6 Å². The van der Waals surface area contributed by atoms with E-state index in [1.54, 1.807) is 87.5 Å². The zero-order valence-electron chi connectivity index (χ0n) is 45.1. The molecule has 2 atom stereocenters. The highest BCUT2D eigenvalue weighted by atomic mass is 35.5. The molecular weight excluding hydrogens is 1070 g/mol. The lowest BCUT2D eigenvalue weighted by Gasteiger charge is -2.29. The highest BCUT2D eigenvalue weighted by molar-refractivity contribution is 7.88. The molecule has 0 aliphatic heterocycles. The predicted molar refractivity (Wildman–Crippen MR) is 297 cm³/mol. The Labute approximate surface area is 464 Å². The zero-order valence-corrected chi connectivity index (χ0v) is 47.4. The monoisotopic (exact) mass is 1130 g/mol. The fraction of sp³-hybridized carbons (Fsp3) is 0.390. The Morgan fingerprint density at radius 2 is 1.03 bits per heavy atom. The van der Waals surface area contributed by atoms with E-state index in [2.05, 4.69) is 14.7 Å². The molecule has 19 heteroatoms. The van der Waals surface area contributed by atoms with Crippen LogP contribution in [-0.2, 0) is 32.3 Å². The average Bonchev–Trinajstić information content (AvgIpc) is 4.38. The SMILES string of the molecule is COc1cc(C(=O)CCC(C)(O)c2cc(C(C)(C)N)cc(-c3ccc(F)c(Cl)c3)n2)ccc1OC1CC1.COc1cc(C(=O)CCC(C)(O)c2cc(C(C)(C)NS(C)(=O)=O)cc(-c3ccc(F)c(Cl)c3)n2)ccc1OC1CC1. The Morgan fingerprint density at radius 3 is 1.38 bits per heavy atom. The number of carbonyl (C=O) groups is 2. The highest BCUT2D eigenvalue weighted by Crippen LogP contribution is 2.39. The molecule has 2 aliphatic carbocycles. The van der Waals surface area contributed by atoms with Gasteiger partial charge in [-0.15, -0.1) is 0 Å². The lowest BCUT2D eigenvalue weighted by molar-refractivity contribution is 0.0395. The molecule has 5 N–H and O–H groups in total. The van der Waals surface area contributed by atoms with Crippen molar-refractivity contribution in [2.24, 2.45) is 5.73 Å². The van der Waals surface area contributed by atoms with Crippen LogP contribution in [0.4, 0.5) is 8.78 Å². The van der Waals surface area contributed by atoms with Crippen LogP contribution in [0.25, 0.3) is 22.5 Å².